The van der Waals surface area contributed by atoms with Gasteiger partial charge in [0, 0.05) is 21.1 Å². The molecule has 0 aliphatic heterocycles. The molecule has 1 N–H and O–H groups in total. The predicted octanol–water partition coefficient (Wildman–Crippen LogP) is 0.328. The fourth-order valence-corrected chi connectivity index (χ4v) is 0.118. The van der Waals surface area contributed by atoms with Gasteiger partial charge in [0.1, 0.15) is 6.79 Å². The first-order chi connectivity index (χ1) is 4.15. The minimum Gasteiger partial charge on any atom is -0.481 e. The molecule has 0 heterocycles. The summed E-state index contributed by atoms with van der Waals surface area (Å²) in [6.07, 6.45) is 0. The van der Waals surface area contributed by atoms with Crippen LogP contribution in [-0.2, 0) is 14.3 Å². The van der Waals surface area contributed by atoms with Gasteiger partial charge in [0.2, 0.25) is 0 Å². The molecule has 0 saturated carbocycles. The van der Waals surface area contributed by atoms with Crippen molar-refractivity contribution in [2.24, 2.45) is 0 Å². The molecule has 0 amide bonds. The van der Waals surface area contributed by atoms with Crippen molar-refractivity contribution >= 4 is 5.97 Å². The molecule has 0 saturated heterocycles. The summed E-state index contributed by atoms with van der Waals surface area (Å²) in [5.74, 6) is -0.833. The van der Waals surface area contributed by atoms with Crippen LogP contribution in [0.4, 0.5) is 0 Å². The first kappa shape index (κ1) is 11.2. The smallest absolute Gasteiger partial charge is 0.300 e. The van der Waals surface area contributed by atoms with Crippen molar-refractivity contribution in [2.75, 3.05) is 21.0 Å². The van der Waals surface area contributed by atoms with Gasteiger partial charge in [-0.25, -0.2) is 0 Å². The summed E-state index contributed by atoms with van der Waals surface area (Å²) in [6, 6.07) is 0. The van der Waals surface area contributed by atoms with Gasteiger partial charge in [-0.1, -0.05) is 0 Å². The highest BCUT2D eigenvalue weighted by Crippen LogP contribution is 1.60. The number of aliphatic carboxylic acids is 1. The van der Waals surface area contributed by atoms with Crippen LogP contribution in [0.15, 0.2) is 0 Å². The average molecular weight is 136 g/mol. The van der Waals surface area contributed by atoms with E-state index in [1.807, 2.05) is 0 Å². The van der Waals surface area contributed by atoms with Gasteiger partial charge in [-0.3, -0.25) is 4.79 Å². The molecular weight excluding hydrogens is 124 g/mol. The Morgan fingerprint density at radius 3 is 1.67 bits per heavy atom. The maximum Gasteiger partial charge on any atom is 0.300 e. The summed E-state index contributed by atoms with van der Waals surface area (Å²) in [4.78, 5) is 9.00. The van der Waals surface area contributed by atoms with Crippen LogP contribution in [-0.4, -0.2) is 32.1 Å². The van der Waals surface area contributed by atoms with Crippen LogP contribution in [0, 0.1) is 0 Å². The molecule has 4 nitrogen and oxygen atoms in total. The molecule has 0 aromatic rings. The lowest BCUT2D eigenvalue weighted by atomic mass is 10.9. The topological polar surface area (TPSA) is 55.8 Å². The minimum atomic E-state index is -0.833. The van der Waals surface area contributed by atoms with E-state index < -0.39 is 5.97 Å². The van der Waals surface area contributed by atoms with Gasteiger partial charge in [0.15, 0.2) is 0 Å². The third kappa shape index (κ3) is 111. The lowest BCUT2D eigenvalue weighted by Crippen LogP contribution is -1.87. The Bertz CT molecular complexity index is 56.0. The molecule has 0 aliphatic rings. The van der Waals surface area contributed by atoms with Gasteiger partial charge in [-0.15, -0.1) is 0 Å². The van der Waals surface area contributed by atoms with Crippen LogP contribution in [0.3, 0.4) is 0 Å². The van der Waals surface area contributed by atoms with Gasteiger partial charge >= 0.3 is 0 Å². The fourth-order valence-electron chi connectivity index (χ4n) is 0.118. The molecule has 0 radical (unpaired) electrons. The minimum absolute atomic E-state index is 0.389. The molecule has 0 bridgehead atoms. The Labute approximate surface area is 54.4 Å². The highest BCUT2D eigenvalue weighted by Gasteiger charge is 1.65. The van der Waals surface area contributed by atoms with Gasteiger partial charge in [-0.2, -0.15) is 0 Å². The van der Waals surface area contributed by atoms with E-state index in [0.29, 0.717) is 6.79 Å². The van der Waals surface area contributed by atoms with Crippen molar-refractivity contribution in [3.05, 3.63) is 0 Å². The Balaban J connectivity index is 0. The number of methoxy groups -OCH3 is 2. The molecule has 0 spiro atoms. The summed E-state index contributed by atoms with van der Waals surface area (Å²) >= 11 is 0. The number of rotatable bonds is 2. The normalized spacial score (nSPS) is 7.44. The van der Waals surface area contributed by atoms with Crippen molar-refractivity contribution < 1.29 is 19.4 Å². The largest absolute Gasteiger partial charge is 0.481 e. The van der Waals surface area contributed by atoms with Crippen molar-refractivity contribution in [2.45, 2.75) is 6.92 Å². The molecule has 4 heteroatoms. The summed E-state index contributed by atoms with van der Waals surface area (Å²) in [5.41, 5.74) is 0. The monoisotopic (exact) mass is 136 g/mol. The van der Waals surface area contributed by atoms with Crippen molar-refractivity contribution in [1.29, 1.82) is 0 Å². The lowest BCUT2D eigenvalue weighted by molar-refractivity contribution is -0.134. The number of hydrogen-bond donors (Lipinski definition) is 1. The number of carbonyl (C=O) groups is 1. The first-order valence-electron chi connectivity index (χ1n) is 2.32. The van der Waals surface area contributed by atoms with Gasteiger partial charge in [-0.05, 0) is 0 Å². The molecule has 9 heavy (non-hydrogen) atoms. The van der Waals surface area contributed by atoms with E-state index in [-0.39, 0.29) is 0 Å². The third-order valence-corrected chi connectivity index (χ3v) is 0.236. The summed E-state index contributed by atoms with van der Waals surface area (Å²) in [6.45, 7) is 1.47. The molecule has 0 aliphatic carbocycles. The number of carboxylic acids is 1. The molecule has 0 aromatic heterocycles. The Morgan fingerprint density at radius 1 is 1.44 bits per heavy atom. The highest BCUT2D eigenvalue weighted by molar-refractivity contribution is 5.62. The molecule has 0 unspecified atom stereocenters. The van der Waals surface area contributed by atoms with Crippen LogP contribution >= 0.6 is 0 Å². The molecule has 0 fully saturated rings. The second-order valence-corrected chi connectivity index (χ2v) is 1.21. The lowest BCUT2D eigenvalue weighted by Gasteiger charge is -1.87. The van der Waals surface area contributed by atoms with E-state index in [4.69, 9.17) is 9.90 Å². The van der Waals surface area contributed by atoms with Crippen molar-refractivity contribution in [3.63, 3.8) is 0 Å². The molecular formula is C5H12O4. The molecule has 0 rings (SSSR count). The zero-order chi connectivity index (χ0) is 7.70. The van der Waals surface area contributed by atoms with E-state index in [9.17, 15) is 0 Å². The molecule has 0 aromatic carbocycles. The van der Waals surface area contributed by atoms with Crippen LogP contribution < -0.4 is 0 Å². The quantitative estimate of drug-likeness (QED) is 0.556. The van der Waals surface area contributed by atoms with Crippen LogP contribution in [0.5, 0.6) is 0 Å². The maximum absolute atomic E-state index is 9.00. The second kappa shape index (κ2) is 10.4. The van der Waals surface area contributed by atoms with Gasteiger partial charge < -0.3 is 14.6 Å². The number of carboxylic acid groups (broad SMARTS) is 1. The van der Waals surface area contributed by atoms with E-state index in [1.54, 1.807) is 14.2 Å². The first-order valence-corrected chi connectivity index (χ1v) is 2.32. The fraction of sp³-hybridized carbons (Fsp3) is 0.800. The SMILES string of the molecule is CC(=O)O.COCOC. The standard InChI is InChI=1S/C3H8O2.C2H4O2/c1-4-3-5-2;1-2(3)4/h3H2,1-2H3;1H3,(H,3,4). The highest BCUT2D eigenvalue weighted by atomic mass is 16.6. The van der Waals surface area contributed by atoms with E-state index in [0.717, 1.165) is 6.92 Å². The number of hydrogen-bond acceptors (Lipinski definition) is 3. The molecule has 56 valence electrons. The number of ether oxygens (including phenoxy) is 2. The Hall–Kier alpha value is -0.610. The maximum atomic E-state index is 9.00. The van der Waals surface area contributed by atoms with Crippen molar-refractivity contribution in [1.82, 2.24) is 0 Å². The summed E-state index contributed by atoms with van der Waals surface area (Å²) in [5, 5.41) is 7.42. The third-order valence-electron chi connectivity index (χ3n) is 0.236. The molecule has 0 atom stereocenters. The second-order valence-electron chi connectivity index (χ2n) is 1.21. The predicted molar refractivity (Wildman–Crippen MR) is 32.2 cm³/mol. The zero-order valence-electron chi connectivity index (χ0n) is 5.88. The van der Waals surface area contributed by atoms with E-state index >= 15 is 0 Å². The Morgan fingerprint density at radius 2 is 1.67 bits per heavy atom. The van der Waals surface area contributed by atoms with E-state index in [2.05, 4.69) is 9.47 Å². The van der Waals surface area contributed by atoms with Crippen molar-refractivity contribution in [3.8, 4) is 0 Å². The zero-order valence-corrected chi connectivity index (χ0v) is 5.88. The summed E-state index contributed by atoms with van der Waals surface area (Å²) < 4.78 is 8.94. The van der Waals surface area contributed by atoms with Crippen LogP contribution in [0.1, 0.15) is 6.92 Å². The summed E-state index contributed by atoms with van der Waals surface area (Å²) in [7, 11) is 3.17. The average Bonchev–Trinajstić information content (AvgIpc) is 1.66. The van der Waals surface area contributed by atoms with E-state index in [1.165, 1.54) is 0 Å². The van der Waals surface area contributed by atoms with Gasteiger partial charge in [0.05, 0.1) is 0 Å². The van der Waals surface area contributed by atoms with Crippen LogP contribution in [0.25, 0.3) is 0 Å². The Kier molecular flexibility index (Phi) is 13.0. The van der Waals surface area contributed by atoms with Gasteiger partial charge in [0.25, 0.3) is 5.97 Å². The van der Waals surface area contributed by atoms with Crippen LogP contribution in [0.2, 0.25) is 0 Å².